The fraction of sp³-hybridized carbons (Fsp3) is 0.429. The predicted molar refractivity (Wildman–Crippen MR) is 109 cm³/mol. The SMILES string of the molecule is CC(C)Cn1c(-c2ccc(COc3ccc(C(C)(C)C)cc3)o2)n[nH]c1=S. The third kappa shape index (κ3) is 4.69. The number of hydrogen-bond acceptors (Lipinski definition) is 4. The van der Waals surface area contributed by atoms with Crippen LogP contribution in [-0.4, -0.2) is 14.8 Å². The van der Waals surface area contributed by atoms with Crippen molar-refractivity contribution in [2.75, 3.05) is 0 Å². The summed E-state index contributed by atoms with van der Waals surface area (Å²) in [5.41, 5.74) is 1.41. The Morgan fingerprint density at radius 2 is 1.85 bits per heavy atom. The maximum Gasteiger partial charge on any atom is 0.198 e. The molecule has 0 amide bonds. The van der Waals surface area contributed by atoms with E-state index in [2.05, 4.69) is 56.9 Å². The molecule has 0 atom stereocenters. The van der Waals surface area contributed by atoms with Gasteiger partial charge in [-0.15, -0.1) is 0 Å². The van der Waals surface area contributed by atoms with Gasteiger partial charge in [0.25, 0.3) is 0 Å². The Morgan fingerprint density at radius 3 is 2.48 bits per heavy atom. The number of rotatable bonds is 6. The van der Waals surface area contributed by atoms with Crippen molar-refractivity contribution in [3.05, 3.63) is 52.5 Å². The number of ether oxygens (including phenoxy) is 1. The van der Waals surface area contributed by atoms with Gasteiger partial charge in [-0.25, -0.2) is 0 Å². The van der Waals surface area contributed by atoms with Crippen LogP contribution in [0.4, 0.5) is 0 Å². The second kappa shape index (κ2) is 7.72. The smallest absolute Gasteiger partial charge is 0.198 e. The molecule has 2 heterocycles. The molecule has 0 fully saturated rings. The summed E-state index contributed by atoms with van der Waals surface area (Å²) in [6.07, 6.45) is 0. The van der Waals surface area contributed by atoms with Gasteiger partial charge >= 0.3 is 0 Å². The first-order valence-electron chi connectivity index (χ1n) is 9.21. The normalized spacial score (nSPS) is 11.9. The van der Waals surface area contributed by atoms with Crippen molar-refractivity contribution in [3.63, 3.8) is 0 Å². The average molecular weight is 386 g/mol. The molecule has 0 aliphatic rings. The highest BCUT2D eigenvalue weighted by molar-refractivity contribution is 7.71. The van der Waals surface area contributed by atoms with E-state index in [1.165, 1.54) is 5.56 Å². The summed E-state index contributed by atoms with van der Waals surface area (Å²) in [5, 5.41) is 7.16. The van der Waals surface area contributed by atoms with E-state index < -0.39 is 0 Å². The van der Waals surface area contributed by atoms with Crippen LogP contribution in [0.1, 0.15) is 45.9 Å². The van der Waals surface area contributed by atoms with E-state index in [4.69, 9.17) is 21.4 Å². The number of benzene rings is 1. The fourth-order valence-corrected chi connectivity index (χ4v) is 3.03. The fourth-order valence-electron chi connectivity index (χ4n) is 2.82. The van der Waals surface area contributed by atoms with Crippen molar-refractivity contribution in [1.82, 2.24) is 14.8 Å². The zero-order valence-electron chi connectivity index (χ0n) is 16.6. The van der Waals surface area contributed by atoms with Gasteiger partial charge in [-0.05, 0) is 53.4 Å². The van der Waals surface area contributed by atoms with Crippen LogP contribution in [0.3, 0.4) is 0 Å². The van der Waals surface area contributed by atoms with E-state index in [1.807, 2.05) is 28.8 Å². The minimum absolute atomic E-state index is 0.132. The van der Waals surface area contributed by atoms with Gasteiger partial charge in [0.05, 0.1) is 0 Å². The molecule has 0 spiro atoms. The Morgan fingerprint density at radius 1 is 1.15 bits per heavy atom. The molecule has 3 aromatic rings. The van der Waals surface area contributed by atoms with Crippen molar-refractivity contribution in [1.29, 1.82) is 0 Å². The maximum atomic E-state index is 5.93. The molecule has 2 aromatic heterocycles. The zero-order valence-corrected chi connectivity index (χ0v) is 17.4. The van der Waals surface area contributed by atoms with Crippen LogP contribution in [0.15, 0.2) is 40.8 Å². The molecule has 6 heteroatoms. The topological polar surface area (TPSA) is 56.0 Å². The molecule has 144 valence electrons. The quantitative estimate of drug-likeness (QED) is 0.550. The van der Waals surface area contributed by atoms with Crippen LogP contribution in [-0.2, 0) is 18.6 Å². The monoisotopic (exact) mass is 385 g/mol. The lowest BCUT2D eigenvalue weighted by molar-refractivity contribution is 0.271. The highest BCUT2D eigenvalue weighted by atomic mass is 32.1. The number of nitrogens with zero attached hydrogens (tertiary/aromatic N) is 2. The highest BCUT2D eigenvalue weighted by Crippen LogP contribution is 2.26. The van der Waals surface area contributed by atoms with Gasteiger partial charge < -0.3 is 9.15 Å². The molecule has 1 N–H and O–H groups in total. The van der Waals surface area contributed by atoms with E-state index in [9.17, 15) is 0 Å². The van der Waals surface area contributed by atoms with E-state index >= 15 is 0 Å². The molecule has 0 bridgehead atoms. The van der Waals surface area contributed by atoms with Gasteiger partial charge in [0, 0.05) is 6.54 Å². The molecule has 0 unspecified atom stereocenters. The summed E-state index contributed by atoms with van der Waals surface area (Å²) in [6, 6.07) is 12.0. The van der Waals surface area contributed by atoms with Crippen LogP contribution in [0.5, 0.6) is 5.75 Å². The molecule has 1 aromatic carbocycles. The first kappa shape index (κ1) is 19.4. The maximum absolute atomic E-state index is 5.93. The minimum Gasteiger partial charge on any atom is -0.486 e. The first-order valence-corrected chi connectivity index (χ1v) is 9.62. The third-order valence-corrected chi connectivity index (χ3v) is 4.60. The largest absolute Gasteiger partial charge is 0.486 e. The lowest BCUT2D eigenvalue weighted by atomic mass is 9.87. The number of furan rings is 1. The second-order valence-corrected chi connectivity index (χ2v) is 8.57. The number of nitrogens with one attached hydrogen (secondary N) is 1. The van der Waals surface area contributed by atoms with Crippen LogP contribution in [0.2, 0.25) is 0 Å². The number of aromatic nitrogens is 3. The first-order chi connectivity index (χ1) is 12.7. The molecule has 5 nitrogen and oxygen atoms in total. The van der Waals surface area contributed by atoms with Crippen LogP contribution in [0, 0.1) is 10.7 Å². The molecule has 0 aliphatic carbocycles. The summed E-state index contributed by atoms with van der Waals surface area (Å²) in [6.45, 7) is 12.0. The average Bonchev–Trinajstić information content (AvgIpc) is 3.20. The highest BCUT2D eigenvalue weighted by Gasteiger charge is 2.15. The van der Waals surface area contributed by atoms with Crippen molar-refractivity contribution >= 4 is 12.2 Å². The molecule has 0 saturated carbocycles. The standard InChI is InChI=1S/C21H27N3O2S/c1-14(2)12-24-19(22-23-20(24)27)18-11-10-17(26-18)13-25-16-8-6-15(7-9-16)21(3,4)5/h6-11,14H,12-13H2,1-5H3,(H,23,27). The van der Waals surface area contributed by atoms with Crippen molar-refractivity contribution in [2.45, 2.75) is 53.2 Å². The summed E-state index contributed by atoms with van der Waals surface area (Å²) in [5.74, 6) is 3.43. The Hall–Kier alpha value is -2.34. The van der Waals surface area contributed by atoms with Crippen LogP contribution in [0.25, 0.3) is 11.6 Å². The summed E-state index contributed by atoms with van der Waals surface area (Å²) in [7, 11) is 0. The number of H-pyrrole nitrogens is 1. The van der Waals surface area contributed by atoms with Crippen molar-refractivity contribution < 1.29 is 9.15 Å². The van der Waals surface area contributed by atoms with Gasteiger partial charge in [-0.1, -0.05) is 46.8 Å². The predicted octanol–water partition coefficient (Wildman–Crippen LogP) is 5.73. The van der Waals surface area contributed by atoms with E-state index in [1.54, 1.807) is 0 Å². The Kier molecular flexibility index (Phi) is 5.56. The lowest BCUT2D eigenvalue weighted by Crippen LogP contribution is -2.10. The third-order valence-electron chi connectivity index (χ3n) is 4.29. The zero-order chi connectivity index (χ0) is 19.6. The Bertz CT molecular complexity index is 943. The Balaban J connectivity index is 1.69. The Labute approximate surface area is 165 Å². The van der Waals surface area contributed by atoms with Gasteiger partial charge in [0.15, 0.2) is 16.4 Å². The van der Waals surface area contributed by atoms with Gasteiger partial charge in [0.1, 0.15) is 18.1 Å². The van der Waals surface area contributed by atoms with Crippen LogP contribution < -0.4 is 4.74 Å². The molecule has 0 saturated heterocycles. The van der Waals surface area contributed by atoms with Crippen molar-refractivity contribution in [3.8, 4) is 17.3 Å². The number of hydrogen-bond donors (Lipinski definition) is 1. The number of aromatic amines is 1. The second-order valence-electron chi connectivity index (χ2n) is 8.19. The molecular formula is C21H27N3O2S. The van der Waals surface area contributed by atoms with E-state index in [0.717, 1.165) is 23.9 Å². The summed E-state index contributed by atoms with van der Waals surface area (Å²) >= 11 is 5.33. The minimum atomic E-state index is 0.132. The molecular weight excluding hydrogens is 358 g/mol. The molecule has 0 radical (unpaired) electrons. The molecule has 0 aliphatic heterocycles. The molecule has 27 heavy (non-hydrogen) atoms. The van der Waals surface area contributed by atoms with Gasteiger partial charge in [-0.2, -0.15) is 5.10 Å². The molecule has 3 rings (SSSR count). The van der Waals surface area contributed by atoms with E-state index in [-0.39, 0.29) is 5.41 Å². The van der Waals surface area contributed by atoms with Crippen LogP contribution >= 0.6 is 12.2 Å². The van der Waals surface area contributed by atoms with Gasteiger partial charge in [-0.3, -0.25) is 9.67 Å². The van der Waals surface area contributed by atoms with E-state index in [0.29, 0.717) is 23.1 Å². The summed E-state index contributed by atoms with van der Waals surface area (Å²) in [4.78, 5) is 0. The summed E-state index contributed by atoms with van der Waals surface area (Å²) < 4.78 is 14.4. The lowest BCUT2D eigenvalue weighted by Gasteiger charge is -2.19. The van der Waals surface area contributed by atoms with Crippen molar-refractivity contribution in [2.24, 2.45) is 5.92 Å². The van der Waals surface area contributed by atoms with Gasteiger partial charge in [0.2, 0.25) is 0 Å².